The Bertz CT molecular complexity index is 886. The van der Waals surface area contributed by atoms with Gasteiger partial charge in [0.25, 0.3) is 5.91 Å². The zero-order chi connectivity index (χ0) is 17.5. The lowest BCUT2D eigenvalue weighted by atomic mass is 10.2. The number of aromatic nitrogens is 3. The number of carbonyl (C=O) groups is 1. The third-order valence-corrected chi connectivity index (χ3v) is 3.39. The molecule has 7 heteroatoms. The van der Waals surface area contributed by atoms with E-state index in [2.05, 4.69) is 31.9 Å². The van der Waals surface area contributed by atoms with Gasteiger partial charge in [0.1, 0.15) is 0 Å². The van der Waals surface area contributed by atoms with Gasteiger partial charge in [-0.25, -0.2) is 0 Å². The number of benzene rings is 1. The Kier molecular flexibility index (Phi) is 4.93. The molecule has 3 rings (SSSR count). The highest BCUT2D eigenvalue weighted by molar-refractivity contribution is 5.92. The SMILES string of the molecule is N#Cc1ccc(Nc2ccc(C(=O)NCc3ccncc3)nn2)cc1. The highest BCUT2D eigenvalue weighted by Crippen LogP contribution is 2.14. The molecule has 0 saturated carbocycles. The molecule has 1 amide bonds. The van der Waals surface area contributed by atoms with Gasteiger partial charge in [0, 0.05) is 24.6 Å². The van der Waals surface area contributed by atoms with Crippen molar-refractivity contribution in [2.24, 2.45) is 0 Å². The first kappa shape index (κ1) is 16.1. The second-order valence-corrected chi connectivity index (χ2v) is 5.16. The summed E-state index contributed by atoms with van der Waals surface area (Å²) in [5.74, 6) is 0.213. The number of hydrogen-bond donors (Lipinski definition) is 2. The molecule has 0 aliphatic rings. The van der Waals surface area contributed by atoms with Crippen molar-refractivity contribution in [1.29, 1.82) is 5.26 Å². The van der Waals surface area contributed by atoms with Gasteiger partial charge in [-0.2, -0.15) is 5.26 Å². The first-order valence-electron chi connectivity index (χ1n) is 7.52. The van der Waals surface area contributed by atoms with Crippen LogP contribution in [0.2, 0.25) is 0 Å². The fourth-order valence-corrected chi connectivity index (χ4v) is 2.07. The lowest BCUT2D eigenvalue weighted by molar-refractivity contribution is 0.0945. The normalized spacial score (nSPS) is 9.88. The average Bonchev–Trinajstić information content (AvgIpc) is 2.68. The molecule has 2 aromatic heterocycles. The van der Waals surface area contributed by atoms with E-state index in [1.165, 1.54) is 0 Å². The molecule has 25 heavy (non-hydrogen) atoms. The minimum Gasteiger partial charge on any atom is -0.347 e. The molecule has 0 atom stereocenters. The van der Waals surface area contributed by atoms with Crippen LogP contribution in [0.5, 0.6) is 0 Å². The molecule has 7 nitrogen and oxygen atoms in total. The Morgan fingerprint density at radius 2 is 1.76 bits per heavy atom. The average molecular weight is 330 g/mol. The van der Waals surface area contributed by atoms with Crippen LogP contribution in [0.4, 0.5) is 11.5 Å². The minimum atomic E-state index is -0.297. The second kappa shape index (κ2) is 7.66. The number of rotatable bonds is 5. The molecular weight excluding hydrogens is 316 g/mol. The summed E-state index contributed by atoms with van der Waals surface area (Å²) in [6.07, 6.45) is 3.34. The summed E-state index contributed by atoms with van der Waals surface area (Å²) < 4.78 is 0. The van der Waals surface area contributed by atoms with Crippen LogP contribution in [0.1, 0.15) is 21.6 Å². The largest absolute Gasteiger partial charge is 0.347 e. The molecular formula is C18H14N6O. The maximum absolute atomic E-state index is 12.1. The maximum Gasteiger partial charge on any atom is 0.272 e. The molecule has 0 aliphatic heterocycles. The number of hydrogen-bond acceptors (Lipinski definition) is 6. The zero-order valence-corrected chi connectivity index (χ0v) is 13.2. The van der Waals surface area contributed by atoms with Crippen LogP contribution in [0.25, 0.3) is 0 Å². The number of anilines is 2. The summed E-state index contributed by atoms with van der Waals surface area (Å²) in [5, 5.41) is 22.5. The monoisotopic (exact) mass is 330 g/mol. The summed E-state index contributed by atoms with van der Waals surface area (Å²) >= 11 is 0. The Labute approximate surface area is 144 Å². The Balaban J connectivity index is 1.59. The quantitative estimate of drug-likeness (QED) is 0.744. The van der Waals surface area contributed by atoms with Crippen molar-refractivity contribution in [1.82, 2.24) is 20.5 Å². The minimum absolute atomic E-state index is 0.236. The molecule has 122 valence electrons. The van der Waals surface area contributed by atoms with E-state index in [1.54, 1.807) is 48.8 Å². The van der Waals surface area contributed by atoms with Crippen LogP contribution in [-0.4, -0.2) is 21.1 Å². The molecule has 0 radical (unpaired) electrons. The molecule has 0 bridgehead atoms. The van der Waals surface area contributed by atoms with Gasteiger partial charge in [0.05, 0.1) is 11.6 Å². The smallest absolute Gasteiger partial charge is 0.272 e. The zero-order valence-electron chi connectivity index (χ0n) is 13.2. The van der Waals surface area contributed by atoms with Gasteiger partial charge in [-0.1, -0.05) is 0 Å². The number of nitrogens with zero attached hydrogens (tertiary/aromatic N) is 4. The maximum atomic E-state index is 12.1. The van der Waals surface area contributed by atoms with Crippen molar-refractivity contribution < 1.29 is 4.79 Å². The number of pyridine rings is 1. The van der Waals surface area contributed by atoms with Gasteiger partial charge in [-0.3, -0.25) is 9.78 Å². The molecule has 0 saturated heterocycles. The standard InChI is InChI=1S/C18H14N6O/c19-11-13-1-3-15(4-2-13)22-17-6-5-16(23-24-17)18(25)21-12-14-7-9-20-10-8-14/h1-10H,12H2,(H,21,25)(H,22,24). The van der Waals surface area contributed by atoms with Crippen molar-refractivity contribution in [3.05, 3.63) is 77.7 Å². The highest BCUT2D eigenvalue weighted by atomic mass is 16.1. The van der Waals surface area contributed by atoms with Crippen LogP contribution in [-0.2, 0) is 6.54 Å². The lowest BCUT2D eigenvalue weighted by Crippen LogP contribution is -2.24. The number of carbonyl (C=O) groups excluding carboxylic acids is 1. The predicted octanol–water partition coefficient (Wildman–Crippen LogP) is 2.42. The Morgan fingerprint density at radius 1 is 1.00 bits per heavy atom. The van der Waals surface area contributed by atoms with E-state index in [4.69, 9.17) is 5.26 Å². The summed E-state index contributed by atoms with van der Waals surface area (Å²) in [6.45, 7) is 0.397. The van der Waals surface area contributed by atoms with Gasteiger partial charge in [-0.05, 0) is 54.1 Å². The number of nitrogens with one attached hydrogen (secondary N) is 2. The summed E-state index contributed by atoms with van der Waals surface area (Å²) in [7, 11) is 0. The summed E-state index contributed by atoms with van der Waals surface area (Å²) in [5.41, 5.74) is 2.55. The highest BCUT2D eigenvalue weighted by Gasteiger charge is 2.08. The van der Waals surface area contributed by atoms with Crippen molar-refractivity contribution >= 4 is 17.4 Å². The van der Waals surface area contributed by atoms with Gasteiger partial charge in [0.2, 0.25) is 0 Å². The molecule has 0 unspecified atom stereocenters. The first-order valence-corrected chi connectivity index (χ1v) is 7.52. The van der Waals surface area contributed by atoms with Crippen LogP contribution in [0, 0.1) is 11.3 Å². The van der Waals surface area contributed by atoms with Gasteiger partial charge in [-0.15, -0.1) is 10.2 Å². The summed E-state index contributed by atoms with van der Waals surface area (Å²) in [6, 6.07) is 15.9. The van der Waals surface area contributed by atoms with E-state index >= 15 is 0 Å². The Hall–Kier alpha value is -3.79. The third-order valence-electron chi connectivity index (χ3n) is 3.39. The molecule has 0 spiro atoms. The number of amides is 1. The van der Waals surface area contributed by atoms with Gasteiger partial charge >= 0.3 is 0 Å². The van der Waals surface area contributed by atoms with Crippen molar-refractivity contribution in [3.8, 4) is 6.07 Å². The molecule has 0 aliphatic carbocycles. The van der Waals surface area contributed by atoms with Crippen LogP contribution < -0.4 is 10.6 Å². The van der Waals surface area contributed by atoms with E-state index in [1.807, 2.05) is 12.1 Å². The third kappa shape index (κ3) is 4.36. The van der Waals surface area contributed by atoms with E-state index in [9.17, 15) is 4.79 Å². The predicted molar refractivity (Wildman–Crippen MR) is 91.9 cm³/mol. The van der Waals surface area contributed by atoms with E-state index < -0.39 is 0 Å². The van der Waals surface area contributed by atoms with Crippen LogP contribution >= 0.6 is 0 Å². The van der Waals surface area contributed by atoms with E-state index in [0.717, 1.165) is 11.3 Å². The van der Waals surface area contributed by atoms with Crippen LogP contribution in [0.3, 0.4) is 0 Å². The summed E-state index contributed by atoms with van der Waals surface area (Å²) in [4.78, 5) is 16.0. The van der Waals surface area contributed by atoms with Gasteiger partial charge < -0.3 is 10.6 Å². The molecule has 2 heterocycles. The molecule has 3 aromatic rings. The van der Waals surface area contributed by atoms with Crippen molar-refractivity contribution in [2.75, 3.05) is 5.32 Å². The van der Waals surface area contributed by atoms with Crippen molar-refractivity contribution in [2.45, 2.75) is 6.54 Å². The fraction of sp³-hybridized carbons (Fsp3) is 0.0556. The lowest BCUT2D eigenvalue weighted by Gasteiger charge is -2.06. The number of nitriles is 1. The molecule has 2 N–H and O–H groups in total. The van der Waals surface area contributed by atoms with Gasteiger partial charge in [0.15, 0.2) is 11.5 Å². The fourth-order valence-electron chi connectivity index (χ4n) is 2.07. The molecule has 0 fully saturated rings. The first-order chi connectivity index (χ1) is 12.2. The second-order valence-electron chi connectivity index (χ2n) is 5.16. The van der Waals surface area contributed by atoms with E-state index in [-0.39, 0.29) is 11.6 Å². The van der Waals surface area contributed by atoms with Crippen LogP contribution in [0.15, 0.2) is 60.9 Å². The van der Waals surface area contributed by atoms with E-state index in [0.29, 0.717) is 17.9 Å². The Morgan fingerprint density at radius 3 is 2.40 bits per heavy atom. The van der Waals surface area contributed by atoms with Crippen molar-refractivity contribution in [3.63, 3.8) is 0 Å². The molecule has 1 aromatic carbocycles. The topological polar surface area (TPSA) is 104 Å².